The third-order valence-electron chi connectivity index (χ3n) is 3.60. The van der Waals surface area contributed by atoms with Crippen LogP contribution >= 0.6 is 0 Å². The van der Waals surface area contributed by atoms with Gasteiger partial charge in [0.05, 0.1) is 0 Å². The number of hydrogen-bond acceptors (Lipinski definition) is 2. The highest BCUT2D eigenvalue weighted by Crippen LogP contribution is 2.23. The summed E-state index contributed by atoms with van der Waals surface area (Å²) in [5, 5.41) is 1.21. The van der Waals surface area contributed by atoms with Crippen molar-refractivity contribution >= 4 is 29.0 Å². The van der Waals surface area contributed by atoms with Crippen molar-refractivity contribution in [1.82, 2.24) is 4.57 Å². The van der Waals surface area contributed by atoms with Crippen molar-refractivity contribution in [2.24, 2.45) is 7.05 Å². The number of rotatable bonds is 3. The molecule has 0 amide bonds. The van der Waals surface area contributed by atoms with Crippen LogP contribution in [0.5, 0.6) is 5.75 Å². The average molecular weight is 291 g/mol. The second-order valence-corrected chi connectivity index (χ2v) is 5.15. The highest BCUT2D eigenvalue weighted by Gasteiger charge is 2.04. The molecule has 1 aromatic heterocycles. The molecule has 0 spiro atoms. The van der Waals surface area contributed by atoms with Gasteiger partial charge in [-0.2, -0.15) is 0 Å². The second kappa shape index (κ2) is 5.90. The van der Waals surface area contributed by atoms with Gasteiger partial charge in [0.2, 0.25) is 0 Å². The molecule has 0 radical (unpaired) electrons. The molecule has 0 unspecified atom stereocenters. The number of carbonyl (C=O) groups excluding carboxylic acids is 1. The number of nitrogens with zero attached hydrogens (tertiary/aromatic N) is 1. The van der Waals surface area contributed by atoms with Crippen molar-refractivity contribution in [1.29, 1.82) is 0 Å². The molecule has 3 aromatic rings. The summed E-state index contributed by atoms with van der Waals surface area (Å²) >= 11 is 0. The molecule has 110 valence electrons. The Morgan fingerprint density at radius 3 is 2.55 bits per heavy atom. The first-order valence-electron chi connectivity index (χ1n) is 7.15. The number of carbonyl (C=O) groups is 1. The molecule has 3 nitrogen and oxygen atoms in total. The molecule has 0 atom stereocenters. The van der Waals surface area contributed by atoms with Crippen LogP contribution in [0.15, 0.2) is 54.6 Å². The first kappa shape index (κ1) is 14.1. The van der Waals surface area contributed by atoms with E-state index in [0.29, 0.717) is 5.75 Å². The maximum atomic E-state index is 11.2. The molecule has 0 aliphatic rings. The van der Waals surface area contributed by atoms with Gasteiger partial charge in [0.15, 0.2) is 0 Å². The van der Waals surface area contributed by atoms with Crippen molar-refractivity contribution in [2.45, 2.75) is 6.92 Å². The van der Waals surface area contributed by atoms with E-state index < -0.39 is 0 Å². The van der Waals surface area contributed by atoms with Gasteiger partial charge in [0.25, 0.3) is 0 Å². The van der Waals surface area contributed by atoms with E-state index in [9.17, 15) is 4.79 Å². The van der Waals surface area contributed by atoms with Crippen molar-refractivity contribution < 1.29 is 9.53 Å². The number of esters is 1. The molecular weight excluding hydrogens is 274 g/mol. The number of para-hydroxylation sites is 2. The summed E-state index contributed by atoms with van der Waals surface area (Å²) in [4.78, 5) is 11.2. The molecule has 3 heteroatoms. The number of benzene rings is 2. The van der Waals surface area contributed by atoms with Crippen LogP contribution in [-0.4, -0.2) is 10.5 Å². The summed E-state index contributed by atoms with van der Waals surface area (Å²) in [6, 6.07) is 17.9. The van der Waals surface area contributed by atoms with Crippen LogP contribution in [-0.2, 0) is 11.8 Å². The molecular formula is C19H17NO2. The van der Waals surface area contributed by atoms with E-state index in [4.69, 9.17) is 4.74 Å². The monoisotopic (exact) mass is 291 g/mol. The molecule has 0 N–H and O–H groups in total. The lowest BCUT2D eigenvalue weighted by atomic mass is 10.1. The van der Waals surface area contributed by atoms with E-state index >= 15 is 0 Å². The number of aryl methyl sites for hydroxylation is 1. The smallest absolute Gasteiger partial charge is 0.308 e. The van der Waals surface area contributed by atoms with Gasteiger partial charge in [-0.25, -0.2) is 0 Å². The third kappa shape index (κ3) is 2.79. The normalized spacial score (nSPS) is 11.2. The predicted molar refractivity (Wildman–Crippen MR) is 89.6 cm³/mol. The lowest BCUT2D eigenvalue weighted by Gasteiger charge is -2.05. The highest BCUT2D eigenvalue weighted by atomic mass is 16.5. The van der Waals surface area contributed by atoms with Gasteiger partial charge in [0, 0.05) is 36.1 Å². The molecule has 0 aliphatic carbocycles. The van der Waals surface area contributed by atoms with Gasteiger partial charge >= 0.3 is 5.97 Å². The summed E-state index contributed by atoms with van der Waals surface area (Å²) in [5.41, 5.74) is 3.16. The average Bonchev–Trinajstić information content (AvgIpc) is 2.83. The molecule has 2 aromatic carbocycles. The van der Waals surface area contributed by atoms with E-state index in [-0.39, 0.29) is 5.97 Å². The number of fused-ring (bicyclic) bond motifs is 1. The Kier molecular flexibility index (Phi) is 3.79. The largest absolute Gasteiger partial charge is 0.426 e. The quantitative estimate of drug-likeness (QED) is 0.533. The van der Waals surface area contributed by atoms with Crippen molar-refractivity contribution in [3.05, 3.63) is 65.9 Å². The fourth-order valence-corrected chi connectivity index (χ4v) is 2.51. The molecule has 3 rings (SSSR count). The molecule has 0 fully saturated rings. The van der Waals surface area contributed by atoms with Gasteiger partial charge < -0.3 is 9.30 Å². The van der Waals surface area contributed by atoms with Crippen molar-refractivity contribution in [3.63, 3.8) is 0 Å². The summed E-state index contributed by atoms with van der Waals surface area (Å²) in [6.45, 7) is 1.41. The Morgan fingerprint density at radius 2 is 1.77 bits per heavy atom. The molecule has 0 bridgehead atoms. The summed E-state index contributed by atoms with van der Waals surface area (Å²) in [5.74, 6) is 0.260. The van der Waals surface area contributed by atoms with Gasteiger partial charge in [-0.05, 0) is 30.4 Å². The Hall–Kier alpha value is -2.81. The molecule has 22 heavy (non-hydrogen) atoms. The van der Waals surface area contributed by atoms with Gasteiger partial charge in [0.1, 0.15) is 5.75 Å². The van der Waals surface area contributed by atoms with Gasteiger partial charge in [-0.1, -0.05) is 36.4 Å². The summed E-state index contributed by atoms with van der Waals surface area (Å²) in [6.07, 6.45) is 3.99. The molecule has 0 saturated carbocycles. The fraction of sp³-hybridized carbons (Fsp3) is 0.105. The maximum absolute atomic E-state index is 11.2. The van der Waals surface area contributed by atoms with Crippen LogP contribution in [0, 0.1) is 0 Å². The standard InChI is InChI=1S/C19H17NO2/c1-14(21)22-19-10-6-4-7-15(19)11-12-17-13-16-8-3-5-9-18(16)20(17)2/h3-13H,1-2H3/b12-11+. The first-order chi connectivity index (χ1) is 10.6. The predicted octanol–water partition coefficient (Wildman–Crippen LogP) is 4.27. The van der Waals surface area contributed by atoms with Crippen LogP contribution < -0.4 is 4.74 Å². The zero-order valence-electron chi connectivity index (χ0n) is 12.6. The summed E-state index contributed by atoms with van der Waals surface area (Å²) in [7, 11) is 2.04. The Labute approximate surface area is 129 Å². The molecule has 1 heterocycles. The van der Waals surface area contributed by atoms with E-state index in [1.165, 1.54) is 17.8 Å². The van der Waals surface area contributed by atoms with E-state index in [1.54, 1.807) is 6.07 Å². The van der Waals surface area contributed by atoms with Crippen LogP contribution in [0.4, 0.5) is 0 Å². The zero-order valence-corrected chi connectivity index (χ0v) is 12.6. The second-order valence-electron chi connectivity index (χ2n) is 5.15. The maximum Gasteiger partial charge on any atom is 0.308 e. The Balaban J connectivity index is 1.96. The van der Waals surface area contributed by atoms with Crippen molar-refractivity contribution in [2.75, 3.05) is 0 Å². The molecule has 0 saturated heterocycles. The lowest BCUT2D eigenvalue weighted by Crippen LogP contribution is -2.02. The van der Waals surface area contributed by atoms with Crippen LogP contribution in [0.25, 0.3) is 23.1 Å². The Morgan fingerprint density at radius 1 is 1.05 bits per heavy atom. The minimum Gasteiger partial charge on any atom is -0.426 e. The number of hydrogen-bond donors (Lipinski definition) is 0. The SMILES string of the molecule is CC(=O)Oc1ccccc1/C=C/c1cc2ccccc2n1C. The summed E-state index contributed by atoms with van der Waals surface area (Å²) < 4.78 is 7.37. The number of aromatic nitrogens is 1. The topological polar surface area (TPSA) is 31.2 Å². The lowest BCUT2D eigenvalue weighted by molar-refractivity contribution is -0.131. The highest BCUT2D eigenvalue weighted by molar-refractivity contribution is 5.85. The minimum absolute atomic E-state index is 0.314. The van der Waals surface area contributed by atoms with E-state index in [0.717, 1.165) is 11.3 Å². The third-order valence-corrected chi connectivity index (χ3v) is 3.60. The van der Waals surface area contributed by atoms with Crippen LogP contribution in [0.1, 0.15) is 18.2 Å². The Bertz CT molecular complexity index is 859. The van der Waals surface area contributed by atoms with Gasteiger partial charge in [-0.3, -0.25) is 4.79 Å². The van der Waals surface area contributed by atoms with Crippen molar-refractivity contribution in [3.8, 4) is 5.75 Å². The van der Waals surface area contributed by atoms with Crippen LogP contribution in [0.3, 0.4) is 0 Å². The molecule has 0 aliphatic heterocycles. The number of ether oxygens (including phenoxy) is 1. The van der Waals surface area contributed by atoms with E-state index in [1.807, 2.05) is 49.5 Å². The first-order valence-corrected chi connectivity index (χ1v) is 7.15. The van der Waals surface area contributed by atoms with Gasteiger partial charge in [-0.15, -0.1) is 0 Å². The van der Waals surface area contributed by atoms with E-state index in [2.05, 4.69) is 22.8 Å². The zero-order chi connectivity index (χ0) is 15.5. The fourth-order valence-electron chi connectivity index (χ4n) is 2.51. The minimum atomic E-state index is -0.314. The van der Waals surface area contributed by atoms with Crippen LogP contribution in [0.2, 0.25) is 0 Å².